The molecule has 20 heavy (non-hydrogen) atoms. The van der Waals surface area contributed by atoms with Gasteiger partial charge in [0.05, 0.1) is 5.41 Å². The van der Waals surface area contributed by atoms with Crippen LogP contribution < -0.4 is 0 Å². The van der Waals surface area contributed by atoms with Gasteiger partial charge in [0.2, 0.25) is 0 Å². The fourth-order valence-corrected chi connectivity index (χ4v) is 2.67. The molecule has 0 radical (unpaired) electrons. The number of nitrogens with zero attached hydrogens (tertiary/aromatic N) is 1. The van der Waals surface area contributed by atoms with Gasteiger partial charge >= 0.3 is 5.97 Å². The molecule has 1 amide bonds. The van der Waals surface area contributed by atoms with Crippen LogP contribution in [0.1, 0.15) is 23.7 Å². The number of rotatable bonds is 2. The van der Waals surface area contributed by atoms with E-state index >= 15 is 0 Å². The molecular weight excluding hydrogens is 256 g/mol. The van der Waals surface area contributed by atoms with Crippen LogP contribution in [0.15, 0.2) is 30.5 Å². The van der Waals surface area contributed by atoms with E-state index < -0.39 is 11.4 Å². The molecule has 0 bridgehead atoms. The molecule has 2 N–H and O–H groups in total. The van der Waals surface area contributed by atoms with Crippen molar-refractivity contribution < 1.29 is 14.7 Å². The summed E-state index contributed by atoms with van der Waals surface area (Å²) < 4.78 is 0. The molecular formula is C15H16N2O3. The van der Waals surface area contributed by atoms with Crippen LogP contribution >= 0.6 is 0 Å². The van der Waals surface area contributed by atoms with Gasteiger partial charge in [0, 0.05) is 30.4 Å². The van der Waals surface area contributed by atoms with Crippen molar-refractivity contribution in [2.24, 2.45) is 5.41 Å². The predicted octanol–water partition coefficient (Wildman–Crippen LogP) is 2.10. The van der Waals surface area contributed by atoms with Crippen LogP contribution in [-0.2, 0) is 4.79 Å². The van der Waals surface area contributed by atoms with Gasteiger partial charge in [0.15, 0.2) is 0 Å². The standard InChI is InChI=1S/C15H16N2O3/c1-15(14(19)20)5-7-17(9-15)13(18)11-3-2-10-4-6-16-12(10)8-11/h2-4,6,8,16H,5,7,9H2,1H3,(H,19,20)/t15-/m0/s1. The molecule has 0 unspecified atom stereocenters. The van der Waals surface area contributed by atoms with Crippen LogP contribution in [0.25, 0.3) is 10.9 Å². The number of carboxylic acid groups (broad SMARTS) is 1. The molecule has 104 valence electrons. The third-order valence-electron chi connectivity index (χ3n) is 4.08. The number of nitrogens with one attached hydrogen (secondary N) is 1. The Hall–Kier alpha value is -2.30. The number of carbonyl (C=O) groups is 2. The smallest absolute Gasteiger partial charge is 0.311 e. The number of fused-ring (bicyclic) bond motifs is 1. The van der Waals surface area contributed by atoms with Crippen molar-refractivity contribution in [2.75, 3.05) is 13.1 Å². The summed E-state index contributed by atoms with van der Waals surface area (Å²) in [5.41, 5.74) is 0.678. The molecule has 1 fully saturated rings. The van der Waals surface area contributed by atoms with E-state index in [4.69, 9.17) is 0 Å². The highest BCUT2D eigenvalue weighted by Gasteiger charge is 2.42. The second-order valence-corrected chi connectivity index (χ2v) is 5.62. The molecule has 1 aliphatic rings. The van der Waals surface area contributed by atoms with Crippen LogP contribution in [0.5, 0.6) is 0 Å². The van der Waals surface area contributed by atoms with Crippen LogP contribution in [-0.4, -0.2) is 40.0 Å². The minimum Gasteiger partial charge on any atom is -0.481 e. The van der Waals surface area contributed by atoms with Gasteiger partial charge in [-0.15, -0.1) is 0 Å². The molecule has 1 saturated heterocycles. The van der Waals surface area contributed by atoms with Crippen molar-refractivity contribution >= 4 is 22.8 Å². The van der Waals surface area contributed by atoms with E-state index in [-0.39, 0.29) is 12.5 Å². The first kappa shape index (κ1) is 12.7. The Morgan fingerprint density at radius 3 is 2.85 bits per heavy atom. The number of hydrogen-bond donors (Lipinski definition) is 2. The topological polar surface area (TPSA) is 73.4 Å². The lowest BCUT2D eigenvalue weighted by Gasteiger charge is -2.20. The molecule has 5 nitrogen and oxygen atoms in total. The lowest BCUT2D eigenvalue weighted by atomic mass is 9.90. The SMILES string of the molecule is C[C@]1(C(=O)O)CCN(C(=O)c2ccc3cc[nH]c3c2)C1. The van der Waals surface area contributed by atoms with Crippen LogP contribution in [0.2, 0.25) is 0 Å². The van der Waals surface area contributed by atoms with Gasteiger partial charge in [-0.3, -0.25) is 9.59 Å². The summed E-state index contributed by atoms with van der Waals surface area (Å²) in [7, 11) is 0. The van der Waals surface area contributed by atoms with Gasteiger partial charge in [-0.05, 0) is 36.9 Å². The molecule has 2 heterocycles. The average Bonchev–Trinajstić information content (AvgIpc) is 3.04. The molecule has 0 saturated carbocycles. The molecule has 3 rings (SSSR count). The summed E-state index contributed by atoms with van der Waals surface area (Å²) in [6.07, 6.45) is 2.33. The number of amides is 1. The first-order valence-corrected chi connectivity index (χ1v) is 6.59. The second kappa shape index (κ2) is 4.37. The van der Waals surface area contributed by atoms with Crippen LogP contribution in [0.3, 0.4) is 0 Å². The van der Waals surface area contributed by atoms with Crippen LogP contribution in [0.4, 0.5) is 0 Å². The fourth-order valence-electron chi connectivity index (χ4n) is 2.67. The van der Waals surface area contributed by atoms with E-state index in [9.17, 15) is 14.7 Å². The lowest BCUT2D eigenvalue weighted by Crippen LogP contribution is -2.34. The van der Waals surface area contributed by atoms with E-state index in [1.165, 1.54) is 0 Å². The van der Waals surface area contributed by atoms with Crippen molar-refractivity contribution in [1.29, 1.82) is 0 Å². The van der Waals surface area contributed by atoms with Crippen molar-refractivity contribution in [3.05, 3.63) is 36.0 Å². The van der Waals surface area contributed by atoms with Crippen molar-refractivity contribution in [3.8, 4) is 0 Å². The van der Waals surface area contributed by atoms with E-state index in [1.54, 1.807) is 17.9 Å². The highest BCUT2D eigenvalue weighted by Crippen LogP contribution is 2.31. The number of carboxylic acids is 1. The largest absolute Gasteiger partial charge is 0.481 e. The molecule has 2 aromatic rings. The number of aliphatic carboxylic acids is 1. The van der Waals surface area contributed by atoms with E-state index in [2.05, 4.69) is 4.98 Å². The molecule has 0 spiro atoms. The Balaban J connectivity index is 1.84. The highest BCUT2D eigenvalue weighted by molar-refractivity contribution is 5.98. The molecule has 5 heteroatoms. The lowest BCUT2D eigenvalue weighted by molar-refractivity contribution is -0.147. The third-order valence-corrected chi connectivity index (χ3v) is 4.08. The Morgan fingerprint density at radius 1 is 1.35 bits per heavy atom. The molecule has 1 atom stereocenters. The van der Waals surface area contributed by atoms with Crippen molar-refractivity contribution in [3.63, 3.8) is 0 Å². The maximum absolute atomic E-state index is 12.4. The fraction of sp³-hybridized carbons (Fsp3) is 0.333. The van der Waals surface area contributed by atoms with Gasteiger partial charge in [0.25, 0.3) is 5.91 Å². The van der Waals surface area contributed by atoms with Gasteiger partial charge in [-0.25, -0.2) is 0 Å². The zero-order valence-electron chi connectivity index (χ0n) is 11.2. The van der Waals surface area contributed by atoms with Crippen LogP contribution in [0, 0.1) is 5.41 Å². The summed E-state index contributed by atoms with van der Waals surface area (Å²) in [6.45, 7) is 2.45. The first-order valence-electron chi connectivity index (χ1n) is 6.59. The molecule has 1 aromatic carbocycles. The summed E-state index contributed by atoms with van der Waals surface area (Å²) in [6, 6.07) is 7.44. The normalized spacial score (nSPS) is 22.4. The van der Waals surface area contributed by atoms with Crippen molar-refractivity contribution in [2.45, 2.75) is 13.3 Å². The minimum atomic E-state index is -0.840. The maximum Gasteiger partial charge on any atom is 0.311 e. The monoisotopic (exact) mass is 272 g/mol. The van der Waals surface area contributed by atoms with Gasteiger partial charge in [0.1, 0.15) is 0 Å². The zero-order valence-corrected chi connectivity index (χ0v) is 11.2. The van der Waals surface area contributed by atoms with E-state index in [1.807, 2.05) is 24.4 Å². The molecule has 1 aromatic heterocycles. The van der Waals surface area contributed by atoms with Gasteiger partial charge < -0.3 is 15.0 Å². The Bertz CT molecular complexity index is 691. The number of benzene rings is 1. The van der Waals surface area contributed by atoms with E-state index in [0.717, 1.165) is 10.9 Å². The summed E-state index contributed by atoms with van der Waals surface area (Å²) in [4.78, 5) is 28.4. The highest BCUT2D eigenvalue weighted by atomic mass is 16.4. The number of likely N-dealkylation sites (tertiary alicyclic amines) is 1. The van der Waals surface area contributed by atoms with Crippen molar-refractivity contribution in [1.82, 2.24) is 9.88 Å². The molecule has 1 aliphatic heterocycles. The quantitative estimate of drug-likeness (QED) is 0.879. The van der Waals surface area contributed by atoms with Gasteiger partial charge in [-0.2, -0.15) is 0 Å². The molecule has 0 aliphatic carbocycles. The maximum atomic E-state index is 12.4. The zero-order chi connectivity index (χ0) is 14.3. The van der Waals surface area contributed by atoms with Gasteiger partial charge in [-0.1, -0.05) is 6.07 Å². The third kappa shape index (κ3) is 1.95. The number of H-pyrrole nitrogens is 1. The Labute approximate surface area is 116 Å². The second-order valence-electron chi connectivity index (χ2n) is 5.62. The first-order chi connectivity index (χ1) is 9.49. The summed E-state index contributed by atoms with van der Waals surface area (Å²) >= 11 is 0. The minimum absolute atomic E-state index is 0.105. The van der Waals surface area contributed by atoms with E-state index in [0.29, 0.717) is 18.5 Å². The number of carbonyl (C=O) groups excluding carboxylic acids is 1. The number of aromatic nitrogens is 1. The predicted molar refractivity (Wildman–Crippen MR) is 74.6 cm³/mol. The Kier molecular flexibility index (Phi) is 2.78. The summed E-state index contributed by atoms with van der Waals surface area (Å²) in [5, 5.41) is 10.3. The number of aromatic amines is 1. The Morgan fingerprint density at radius 2 is 2.15 bits per heavy atom. The summed E-state index contributed by atoms with van der Waals surface area (Å²) in [5.74, 6) is -0.945. The number of hydrogen-bond acceptors (Lipinski definition) is 2. The average molecular weight is 272 g/mol.